The van der Waals surface area contributed by atoms with Gasteiger partial charge in [-0.15, -0.1) is 0 Å². The maximum absolute atomic E-state index is 12.2. The van der Waals surface area contributed by atoms with Crippen molar-refractivity contribution in [3.63, 3.8) is 0 Å². The zero-order valence-electron chi connectivity index (χ0n) is 12.2. The average molecular weight is 325 g/mol. The Morgan fingerprint density at radius 3 is 2.82 bits per heavy atom. The molecule has 2 fully saturated rings. The first-order valence-electron chi connectivity index (χ1n) is 7.33. The molecular formula is C14H19N3O4S. The Labute approximate surface area is 129 Å². The monoisotopic (exact) mass is 325 g/mol. The molecule has 0 spiro atoms. The van der Waals surface area contributed by atoms with Gasteiger partial charge in [-0.25, -0.2) is 8.42 Å². The first-order valence-corrected chi connectivity index (χ1v) is 9.16. The van der Waals surface area contributed by atoms with Gasteiger partial charge in [0.15, 0.2) is 9.84 Å². The van der Waals surface area contributed by atoms with E-state index in [0.29, 0.717) is 25.3 Å². The van der Waals surface area contributed by atoms with Crippen molar-refractivity contribution in [3.05, 3.63) is 24.0 Å². The van der Waals surface area contributed by atoms with E-state index in [4.69, 9.17) is 4.74 Å². The third-order valence-electron chi connectivity index (χ3n) is 3.92. The molecule has 0 radical (unpaired) electrons. The van der Waals surface area contributed by atoms with Crippen molar-refractivity contribution in [2.24, 2.45) is 0 Å². The van der Waals surface area contributed by atoms with Gasteiger partial charge in [-0.3, -0.25) is 9.78 Å². The molecular weight excluding hydrogens is 306 g/mol. The van der Waals surface area contributed by atoms with Gasteiger partial charge in [-0.2, -0.15) is 0 Å². The minimum atomic E-state index is -3.01. The quantitative estimate of drug-likeness (QED) is 0.830. The molecule has 2 aliphatic rings. The molecule has 0 aliphatic carbocycles. The summed E-state index contributed by atoms with van der Waals surface area (Å²) in [6, 6.07) is 3.29. The number of anilines is 1. The molecule has 3 heterocycles. The van der Waals surface area contributed by atoms with Crippen LogP contribution in [0.5, 0.6) is 0 Å². The van der Waals surface area contributed by atoms with Gasteiger partial charge in [0, 0.05) is 31.0 Å². The van der Waals surface area contributed by atoms with Gasteiger partial charge in [0.1, 0.15) is 5.69 Å². The first-order chi connectivity index (χ1) is 10.5. The fraction of sp³-hybridized carbons (Fsp3) is 0.571. The van der Waals surface area contributed by atoms with Crippen LogP contribution in [0.3, 0.4) is 0 Å². The molecule has 0 bridgehead atoms. The maximum Gasteiger partial charge on any atom is 0.270 e. The summed E-state index contributed by atoms with van der Waals surface area (Å²) < 4.78 is 28.2. The number of sulfone groups is 1. The van der Waals surface area contributed by atoms with Crippen molar-refractivity contribution < 1.29 is 17.9 Å². The Morgan fingerprint density at radius 2 is 2.14 bits per heavy atom. The Hall–Kier alpha value is -1.67. The number of ether oxygens (including phenoxy) is 1. The van der Waals surface area contributed by atoms with Crippen LogP contribution < -0.4 is 10.2 Å². The number of nitrogens with one attached hydrogen (secondary N) is 1. The Bertz CT molecular complexity index is 656. The fourth-order valence-corrected chi connectivity index (χ4v) is 4.40. The second-order valence-electron chi connectivity index (χ2n) is 5.57. The van der Waals surface area contributed by atoms with Crippen LogP contribution >= 0.6 is 0 Å². The predicted octanol–water partition coefficient (Wildman–Crippen LogP) is -0.165. The third kappa shape index (κ3) is 3.56. The molecule has 2 saturated heterocycles. The Kier molecular flexibility index (Phi) is 4.30. The standard InChI is InChI=1S/C14H19N3O4S/c18-14(16-11-2-8-22(19,20)10-11)13-9-12(1-3-15-13)17-4-6-21-7-5-17/h1,3,9,11H,2,4-8,10H2,(H,16,18). The molecule has 1 unspecified atom stereocenters. The van der Waals surface area contributed by atoms with Crippen molar-refractivity contribution in [1.82, 2.24) is 10.3 Å². The summed E-state index contributed by atoms with van der Waals surface area (Å²) in [6.45, 7) is 2.91. The number of hydrogen-bond acceptors (Lipinski definition) is 6. The zero-order chi connectivity index (χ0) is 15.6. The Balaban J connectivity index is 1.67. The van der Waals surface area contributed by atoms with E-state index < -0.39 is 9.84 Å². The second-order valence-corrected chi connectivity index (χ2v) is 7.80. The lowest BCUT2D eigenvalue weighted by Gasteiger charge is -2.28. The maximum atomic E-state index is 12.2. The van der Waals surface area contributed by atoms with E-state index in [0.717, 1.165) is 18.8 Å². The summed E-state index contributed by atoms with van der Waals surface area (Å²) in [5, 5.41) is 2.76. The lowest BCUT2D eigenvalue weighted by Crippen LogP contribution is -2.37. The summed E-state index contributed by atoms with van der Waals surface area (Å²) in [4.78, 5) is 18.5. The number of aromatic nitrogens is 1. The van der Waals surface area contributed by atoms with Crippen molar-refractivity contribution in [2.75, 3.05) is 42.7 Å². The summed E-state index contributed by atoms with van der Waals surface area (Å²) in [6.07, 6.45) is 2.07. The van der Waals surface area contributed by atoms with Gasteiger partial charge in [-0.05, 0) is 18.6 Å². The van der Waals surface area contributed by atoms with E-state index in [1.54, 1.807) is 12.3 Å². The molecule has 0 saturated carbocycles. The van der Waals surface area contributed by atoms with Crippen LogP contribution in [-0.4, -0.2) is 63.2 Å². The first kappa shape index (κ1) is 15.2. The van der Waals surface area contributed by atoms with Crippen LogP contribution in [-0.2, 0) is 14.6 Å². The number of hydrogen-bond donors (Lipinski definition) is 1. The summed E-state index contributed by atoms with van der Waals surface area (Å²) in [7, 11) is -3.01. The molecule has 1 aromatic rings. The van der Waals surface area contributed by atoms with Crippen LogP contribution in [0.25, 0.3) is 0 Å². The zero-order valence-corrected chi connectivity index (χ0v) is 13.0. The molecule has 1 amide bonds. The number of carbonyl (C=O) groups is 1. The van der Waals surface area contributed by atoms with Gasteiger partial charge in [0.25, 0.3) is 5.91 Å². The number of amides is 1. The SMILES string of the molecule is O=C(NC1CCS(=O)(=O)C1)c1cc(N2CCOCC2)ccn1. The van der Waals surface area contributed by atoms with Gasteiger partial charge in [-0.1, -0.05) is 0 Å². The number of rotatable bonds is 3. The van der Waals surface area contributed by atoms with Crippen LogP contribution in [0.1, 0.15) is 16.9 Å². The van der Waals surface area contributed by atoms with E-state index in [2.05, 4.69) is 15.2 Å². The highest BCUT2D eigenvalue weighted by atomic mass is 32.2. The molecule has 7 nitrogen and oxygen atoms in total. The minimum Gasteiger partial charge on any atom is -0.378 e. The normalized spacial score (nSPS) is 24.2. The molecule has 22 heavy (non-hydrogen) atoms. The van der Waals surface area contributed by atoms with Crippen molar-refractivity contribution >= 4 is 21.4 Å². The lowest BCUT2D eigenvalue weighted by molar-refractivity contribution is 0.0936. The van der Waals surface area contributed by atoms with E-state index in [-0.39, 0.29) is 23.5 Å². The van der Waals surface area contributed by atoms with E-state index in [1.165, 1.54) is 0 Å². The van der Waals surface area contributed by atoms with Gasteiger partial charge < -0.3 is 15.0 Å². The second kappa shape index (κ2) is 6.21. The van der Waals surface area contributed by atoms with Gasteiger partial charge in [0.2, 0.25) is 0 Å². The Morgan fingerprint density at radius 1 is 1.36 bits per heavy atom. The van der Waals surface area contributed by atoms with Crippen LogP contribution in [0.2, 0.25) is 0 Å². The summed E-state index contributed by atoms with van der Waals surface area (Å²) >= 11 is 0. The number of nitrogens with zero attached hydrogens (tertiary/aromatic N) is 2. The van der Waals surface area contributed by atoms with Crippen LogP contribution in [0.4, 0.5) is 5.69 Å². The molecule has 0 aromatic carbocycles. The topological polar surface area (TPSA) is 88.6 Å². The molecule has 2 aliphatic heterocycles. The van der Waals surface area contributed by atoms with E-state index >= 15 is 0 Å². The van der Waals surface area contributed by atoms with Crippen LogP contribution in [0.15, 0.2) is 18.3 Å². The number of carbonyl (C=O) groups excluding carboxylic acids is 1. The minimum absolute atomic E-state index is 0.0158. The van der Waals surface area contributed by atoms with Crippen LogP contribution in [0, 0.1) is 0 Å². The van der Waals surface area contributed by atoms with Crippen molar-refractivity contribution in [3.8, 4) is 0 Å². The largest absolute Gasteiger partial charge is 0.378 e. The smallest absolute Gasteiger partial charge is 0.270 e. The molecule has 8 heteroatoms. The lowest BCUT2D eigenvalue weighted by atomic mass is 10.2. The highest BCUT2D eigenvalue weighted by Gasteiger charge is 2.29. The van der Waals surface area contributed by atoms with Crippen molar-refractivity contribution in [2.45, 2.75) is 12.5 Å². The van der Waals surface area contributed by atoms with Gasteiger partial charge >= 0.3 is 0 Å². The third-order valence-corrected chi connectivity index (χ3v) is 5.69. The van der Waals surface area contributed by atoms with E-state index in [1.807, 2.05) is 6.07 Å². The fourth-order valence-electron chi connectivity index (χ4n) is 2.73. The molecule has 3 rings (SSSR count). The molecule has 1 aromatic heterocycles. The molecule has 120 valence electrons. The van der Waals surface area contributed by atoms with E-state index in [9.17, 15) is 13.2 Å². The average Bonchev–Trinajstić information content (AvgIpc) is 2.87. The van der Waals surface area contributed by atoms with Gasteiger partial charge in [0.05, 0.1) is 24.7 Å². The summed E-state index contributed by atoms with van der Waals surface area (Å²) in [5.41, 5.74) is 1.25. The number of morpholine rings is 1. The highest BCUT2D eigenvalue weighted by molar-refractivity contribution is 7.91. The molecule has 1 N–H and O–H groups in total. The highest BCUT2D eigenvalue weighted by Crippen LogP contribution is 2.17. The predicted molar refractivity (Wildman–Crippen MR) is 81.8 cm³/mol. The number of pyridine rings is 1. The van der Waals surface area contributed by atoms with Crippen molar-refractivity contribution in [1.29, 1.82) is 0 Å². The molecule has 1 atom stereocenters. The summed E-state index contributed by atoms with van der Waals surface area (Å²) in [5.74, 6) is -0.168.